The molecule has 0 atom stereocenters. The van der Waals surface area contributed by atoms with E-state index in [-0.39, 0.29) is 10.8 Å². The van der Waals surface area contributed by atoms with E-state index in [2.05, 4.69) is 151 Å². The van der Waals surface area contributed by atoms with E-state index in [4.69, 9.17) is 0 Å². The van der Waals surface area contributed by atoms with Gasteiger partial charge in [-0.1, -0.05) is 126 Å². The first kappa shape index (κ1) is 26.0. The highest BCUT2D eigenvalue weighted by Crippen LogP contribution is 2.45. The summed E-state index contributed by atoms with van der Waals surface area (Å²) in [5.41, 5.74) is 8.08. The van der Waals surface area contributed by atoms with E-state index in [0.717, 1.165) is 0 Å². The number of benzene rings is 6. The molecule has 0 nitrogen and oxygen atoms in total. The van der Waals surface area contributed by atoms with Gasteiger partial charge in [-0.3, -0.25) is 0 Å². The number of fused-ring (bicyclic) bond motifs is 5. The largest absolute Gasteiger partial charge is 0.135 e. The second-order valence-electron chi connectivity index (χ2n) is 13.4. The third-order valence-corrected chi connectivity index (χ3v) is 9.64. The van der Waals surface area contributed by atoms with Crippen molar-refractivity contribution in [3.63, 3.8) is 0 Å². The summed E-state index contributed by atoms with van der Waals surface area (Å²) >= 11 is 1.90. The molecule has 1 aromatic heterocycles. The molecule has 1 heteroatoms. The van der Waals surface area contributed by atoms with Gasteiger partial charge in [0, 0.05) is 20.2 Å². The zero-order valence-electron chi connectivity index (χ0n) is 24.8. The maximum atomic E-state index is 2.45. The van der Waals surface area contributed by atoms with Gasteiger partial charge in [0.25, 0.3) is 0 Å². The number of rotatable bonds is 2. The Morgan fingerprint density at radius 2 is 1.05 bits per heavy atom. The van der Waals surface area contributed by atoms with Crippen molar-refractivity contribution in [2.75, 3.05) is 0 Å². The van der Waals surface area contributed by atoms with Crippen LogP contribution in [0.4, 0.5) is 0 Å². The SMILES string of the molecule is CC(C)(C)c1ccc2sc3cc(-c4ccc5c(-c6ccccc6)c6ccccc6c(C(C)(C)C)c5c4)ccc3c2c1. The van der Waals surface area contributed by atoms with Crippen LogP contribution in [-0.2, 0) is 10.8 Å². The summed E-state index contributed by atoms with van der Waals surface area (Å²) < 4.78 is 2.71. The van der Waals surface area contributed by atoms with Gasteiger partial charge in [0.1, 0.15) is 0 Å². The Balaban J connectivity index is 1.48. The molecule has 0 spiro atoms. The van der Waals surface area contributed by atoms with Crippen LogP contribution < -0.4 is 0 Å². The number of hydrogen-bond donors (Lipinski definition) is 0. The van der Waals surface area contributed by atoms with E-state index in [9.17, 15) is 0 Å². The third-order valence-electron chi connectivity index (χ3n) is 8.51. The molecule has 0 amide bonds. The van der Waals surface area contributed by atoms with Crippen LogP contribution in [-0.4, -0.2) is 0 Å². The molecule has 0 fully saturated rings. The Morgan fingerprint density at radius 3 is 1.76 bits per heavy atom. The van der Waals surface area contributed by atoms with E-state index in [0.29, 0.717) is 0 Å². The molecule has 0 N–H and O–H groups in total. The molecule has 0 aliphatic rings. The molecule has 7 aromatic rings. The van der Waals surface area contributed by atoms with E-state index in [1.165, 1.54) is 75.1 Å². The lowest BCUT2D eigenvalue weighted by Crippen LogP contribution is -2.13. The van der Waals surface area contributed by atoms with Crippen LogP contribution in [0.25, 0.3) is 64.0 Å². The fourth-order valence-electron chi connectivity index (χ4n) is 6.51. The van der Waals surface area contributed by atoms with E-state index >= 15 is 0 Å². The van der Waals surface area contributed by atoms with Crippen molar-refractivity contribution in [3.05, 3.63) is 120 Å². The van der Waals surface area contributed by atoms with Crippen LogP contribution in [0, 0.1) is 0 Å². The summed E-state index contributed by atoms with van der Waals surface area (Å²) in [6, 6.07) is 41.0. The Labute approximate surface area is 247 Å². The molecule has 0 unspecified atom stereocenters. The molecule has 0 bridgehead atoms. The summed E-state index contributed by atoms with van der Waals surface area (Å²) in [5.74, 6) is 0. The maximum absolute atomic E-state index is 2.45. The molecule has 6 aromatic carbocycles. The molecule has 0 saturated heterocycles. The van der Waals surface area contributed by atoms with Crippen molar-refractivity contribution in [3.8, 4) is 22.3 Å². The number of thiophene rings is 1. The fraction of sp³-hybridized carbons (Fsp3) is 0.200. The second kappa shape index (κ2) is 9.29. The summed E-state index contributed by atoms with van der Waals surface area (Å²) in [6.45, 7) is 13.9. The monoisotopic (exact) mass is 548 g/mol. The molecule has 202 valence electrons. The molecule has 1 heterocycles. The molecular formula is C40H36S. The van der Waals surface area contributed by atoms with Crippen LogP contribution >= 0.6 is 11.3 Å². The molecule has 41 heavy (non-hydrogen) atoms. The molecular weight excluding hydrogens is 513 g/mol. The minimum Gasteiger partial charge on any atom is -0.135 e. The van der Waals surface area contributed by atoms with E-state index in [1.54, 1.807) is 0 Å². The fourth-order valence-corrected chi connectivity index (χ4v) is 7.63. The van der Waals surface area contributed by atoms with Gasteiger partial charge in [0.05, 0.1) is 0 Å². The van der Waals surface area contributed by atoms with Crippen LogP contribution in [0.5, 0.6) is 0 Å². The van der Waals surface area contributed by atoms with Crippen molar-refractivity contribution < 1.29 is 0 Å². The van der Waals surface area contributed by atoms with Crippen molar-refractivity contribution >= 4 is 53.1 Å². The lowest BCUT2D eigenvalue weighted by Gasteiger charge is -2.26. The molecule has 0 aliphatic carbocycles. The smallest absolute Gasteiger partial charge is 0.0361 e. The molecule has 0 aliphatic heterocycles. The van der Waals surface area contributed by atoms with Crippen molar-refractivity contribution in [1.82, 2.24) is 0 Å². The lowest BCUT2D eigenvalue weighted by molar-refractivity contribution is 0.591. The average molecular weight is 549 g/mol. The lowest BCUT2D eigenvalue weighted by atomic mass is 9.77. The number of hydrogen-bond acceptors (Lipinski definition) is 1. The van der Waals surface area contributed by atoms with Gasteiger partial charge in [-0.2, -0.15) is 0 Å². The van der Waals surface area contributed by atoms with Gasteiger partial charge >= 0.3 is 0 Å². The van der Waals surface area contributed by atoms with Crippen molar-refractivity contribution in [2.24, 2.45) is 0 Å². The van der Waals surface area contributed by atoms with Crippen molar-refractivity contribution in [2.45, 2.75) is 52.4 Å². The first-order valence-corrected chi connectivity index (χ1v) is 15.4. The van der Waals surface area contributed by atoms with Gasteiger partial charge in [-0.05, 0) is 90.0 Å². The van der Waals surface area contributed by atoms with E-state index < -0.39 is 0 Å². The quantitative estimate of drug-likeness (QED) is 0.188. The molecule has 0 radical (unpaired) electrons. The Hall–Kier alpha value is -3.94. The predicted molar refractivity (Wildman–Crippen MR) is 183 cm³/mol. The Morgan fingerprint density at radius 1 is 0.415 bits per heavy atom. The predicted octanol–water partition coefficient (Wildman–Crippen LogP) is 12.3. The van der Waals surface area contributed by atoms with Gasteiger partial charge in [0.2, 0.25) is 0 Å². The highest BCUT2D eigenvalue weighted by molar-refractivity contribution is 7.25. The Bertz CT molecular complexity index is 2090. The van der Waals surface area contributed by atoms with Crippen molar-refractivity contribution in [1.29, 1.82) is 0 Å². The van der Waals surface area contributed by atoms with E-state index in [1.807, 2.05) is 11.3 Å². The zero-order chi connectivity index (χ0) is 28.5. The minimum absolute atomic E-state index is 0.00805. The average Bonchev–Trinajstić information content (AvgIpc) is 3.32. The summed E-state index contributed by atoms with van der Waals surface area (Å²) in [5, 5.41) is 8.06. The van der Waals surface area contributed by atoms with Crippen LogP contribution in [0.1, 0.15) is 52.7 Å². The zero-order valence-corrected chi connectivity index (χ0v) is 25.6. The van der Waals surface area contributed by atoms with Gasteiger partial charge in [0.15, 0.2) is 0 Å². The van der Waals surface area contributed by atoms with Gasteiger partial charge in [-0.25, -0.2) is 0 Å². The highest BCUT2D eigenvalue weighted by atomic mass is 32.1. The van der Waals surface area contributed by atoms with Crippen LogP contribution in [0.2, 0.25) is 0 Å². The standard InChI is InChI=1S/C40H36S/c1-39(2,3)28-18-21-35-33(24-28)29-19-16-27(23-36(29)41-35)26-17-20-31-34(22-26)38(40(4,5)6)32-15-11-10-14-30(32)37(31)25-12-8-7-9-13-25/h7-24H,1-6H3. The molecule has 0 saturated carbocycles. The highest BCUT2D eigenvalue weighted by Gasteiger charge is 2.24. The first-order valence-electron chi connectivity index (χ1n) is 14.6. The minimum atomic E-state index is -0.00805. The maximum Gasteiger partial charge on any atom is 0.0361 e. The normalized spacial score (nSPS) is 12.6. The first-order chi connectivity index (χ1) is 19.6. The molecule has 7 rings (SSSR count). The summed E-state index contributed by atoms with van der Waals surface area (Å²) in [6.07, 6.45) is 0. The van der Waals surface area contributed by atoms with Crippen LogP contribution in [0.15, 0.2) is 109 Å². The topological polar surface area (TPSA) is 0 Å². The Kier molecular flexibility index (Phi) is 5.89. The summed E-state index contributed by atoms with van der Waals surface area (Å²) in [4.78, 5) is 0. The third kappa shape index (κ3) is 4.35. The van der Waals surface area contributed by atoms with Gasteiger partial charge < -0.3 is 0 Å². The van der Waals surface area contributed by atoms with Crippen LogP contribution in [0.3, 0.4) is 0 Å². The van der Waals surface area contributed by atoms with Gasteiger partial charge in [-0.15, -0.1) is 11.3 Å². The second-order valence-corrected chi connectivity index (χ2v) is 14.5. The summed E-state index contributed by atoms with van der Waals surface area (Å²) in [7, 11) is 0.